The molecule has 0 aromatic carbocycles. The minimum Gasteiger partial charge on any atom is -0.394 e. The zero-order chi connectivity index (χ0) is 8.20. The van der Waals surface area contributed by atoms with Crippen molar-refractivity contribution >= 4 is 0 Å². The molecule has 0 aliphatic rings. The molecule has 0 bridgehead atoms. The maximum Gasteiger partial charge on any atom is 0.0899 e. The summed E-state index contributed by atoms with van der Waals surface area (Å²) in [5.74, 6) is 5.69. The largest absolute Gasteiger partial charge is 0.394 e. The third kappa shape index (κ3) is 5.61. The molecule has 3 N–H and O–H groups in total. The number of nitrogens with two attached hydrogens (primary N) is 1. The van der Waals surface area contributed by atoms with Gasteiger partial charge in [-0.25, -0.2) is 0 Å². The van der Waals surface area contributed by atoms with E-state index in [4.69, 9.17) is 10.8 Å². The molecule has 0 heterocycles. The quantitative estimate of drug-likeness (QED) is 0.518. The van der Waals surface area contributed by atoms with Crippen molar-refractivity contribution in [2.45, 2.75) is 26.8 Å². The summed E-state index contributed by atoms with van der Waals surface area (Å²) in [6, 6.07) is -0.390. The van der Waals surface area contributed by atoms with Gasteiger partial charge in [-0.05, 0) is 20.8 Å². The summed E-state index contributed by atoms with van der Waals surface area (Å²) >= 11 is 0. The van der Waals surface area contributed by atoms with Gasteiger partial charge in [-0.1, -0.05) is 11.8 Å². The smallest absolute Gasteiger partial charge is 0.0899 e. The Labute approximate surface area is 62.4 Å². The fourth-order valence-electron chi connectivity index (χ4n) is 0.355. The Morgan fingerprint density at radius 3 is 2.30 bits per heavy atom. The van der Waals surface area contributed by atoms with Crippen molar-refractivity contribution in [1.29, 1.82) is 0 Å². The van der Waals surface area contributed by atoms with Gasteiger partial charge in [0.25, 0.3) is 0 Å². The van der Waals surface area contributed by atoms with Crippen LogP contribution in [0.5, 0.6) is 0 Å². The van der Waals surface area contributed by atoms with Gasteiger partial charge >= 0.3 is 0 Å². The van der Waals surface area contributed by atoms with Crippen molar-refractivity contribution in [1.82, 2.24) is 0 Å². The molecule has 58 valence electrons. The highest BCUT2D eigenvalue weighted by Gasteiger charge is 2.03. The van der Waals surface area contributed by atoms with Crippen molar-refractivity contribution in [3.63, 3.8) is 0 Å². The normalized spacial score (nSPS) is 13.7. The van der Waals surface area contributed by atoms with E-state index in [0.717, 1.165) is 0 Å². The average Bonchev–Trinajstić information content (AvgIpc) is 1.81. The van der Waals surface area contributed by atoms with Crippen molar-refractivity contribution in [2.75, 3.05) is 6.61 Å². The van der Waals surface area contributed by atoms with E-state index >= 15 is 0 Å². The van der Waals surface area contributed by atoms with Crippen molar-refractivity contribution in [2.24, 2.45) is 11.1 Å². The van der Waals surface area contributed by atoms with Crippen LogP contribution in [0.2, 0.25) is 0 Å². The third-order valence-corrected chi connectivity index (χ3v) is 0.829. The Hall–Kier alpha value is -0.520. The molecule has 0 saturated heterocycles. The second-order valence-electron chi connectivity index (χ2n) is 3.31. The van der Waals surface area contributed by atoms with Gasteiger partial charge in [0.1, 0.15) is 0 Å². The lowest BCUT2D eigenvalue weighted by molar-refractivity contribution is 0.287. The van der Waals surface area contributed by atoms with E-state index in [1.165, 1.54) is 0 Å². The van der Waals surface area contributed by atoms with Gasteiger partial charge in [0, 0.05) is 5.41 Å². The first kappa shape index (κ1) is 9.48. The molecule has 10 heavy (non-hydrogen) atoms. The summed E-state index contributed by atoms with van der Waals surface area (Å²) < 4.78 is 0. The third-order valence-electron chi connectivity index (χ3n) is 0.829. The fraction of sp³-hybridized carbons (Fsp3) is 0.750. The van der Waals surface area contributed by atoms with Gasteiger partial charge in [0.15, 0.2) is 0 Å². The summed E-state index contributed by atoms with van der Waals surface area (Å²) in [5, 5.41) is 8.50. The zero-order valence-electron chi connectivity index (χ0n) is 6.81. The summed E-state index contributed by atoms with van der Waals surface area (Å²) in [4.78, 5) is 0. The van der Waals surface area contributed by atoms with E-state index in [0.29, 0.717) is 0 Å². The van der Waals surface area contributed by atoms with Crippen LogP contribution in [0.4, 0.5) is 0 Å². The molecule has 0 aromatic heterocycles. The first-order valence-corrected chi connectivity index (χ1v) is 3.35. The van der Waals surface area contributed by atoms with Crippen LogP contribution in [0, 0.1) is 17.3 Å². The van der Waals surface area contributed by atoms with Crippen molar-refractivity contribution < 1.29 is 5.11 Å². The maximum atomic E-state index is 8.50. The Morgan fingerprint density at radius 1 is 1.50 bits per heavy atom. The molecule has 0 aliphatic carbocycles. The monoisotopic (exact) mass is 141 g/mol. The van der Waals surface area contributed by atoms with Crippen LogP contribution in [-0.4, -0.2) is 17.8 Å². The number of aliphatic hydroxyl groups is 1. The zero-order valence-corrected chi connectivity index (χ0v) is 6.81. The SMILES string of the molecule is CC(C)(C)C#C[C@@H](N)CO. The molecule has 0 aromatic rings. The Kier molecular flexibility index (Phi) is 3.41. The van der Waals surface area contributed by atoms with Gasteiger partial charge < -0.3 is 10.8 Å². The topological polar surface area (TPSA) is 46.2 Å². The van der Waals surface area contributed by atoms with E-state index in [2.05, 4.69) is 11.8 Å². The van der Waals surface area contributed by atoms with Gasteiger partial charge in [0.05, 0.1) is 12.6 Å². The van der Waals surface area contributed by atoms with Gasteiger partial charge in [0.2, 0.25) is 0 Å². The van der Waals surface area contributed by atoms with E-state index in [1.807, 2.05) is 20.8 Å². The number of hydrogen-bond acceptors (Lipinski definition) is 2. The van der Waals surface area contributed by atoms with E-state index < -0.39 is 0 Å². The highest BCUT2D eigenvalue weighted by Crippen LogP contribution is 2.09. The van der Waals surface area contributed by atoms with Gasteiger partial charge in [-0.15, -0.1) is 0 Å². The van der Waals surface area contributed by atoms with Crippen LogP contribution in [0.25, 0.3) is 0 Å². The van der Waals surface area contributed by atoms with Crippen LogP contribution in [0.3, 0.4) is 0 Å². The molecule has 0 amide bonds. The molecule has 0 spiro atoms. The molecule has 2 nitrogen and oxygen atoms in total. The molecule has 0 fully saturated rings. The van der Waals surface area contributed by atoms with Crippen LogP contribution in [0.15, 0.2) is 0 Å². The molecule has 1 atom stereocenters. The molecule has 2 heteroatoms. The number of rotatable bonds is 1. The highest BCUT2D eigenvalue weighted by molar-refractivity contribution is 5.12. The van der Waals surface area contributed by atoms with E-state index in [1.54, 1.807) is 0 Å². The molecule has 0 aliphatic heterocycles. The lowest BCUT2D eigenvalue weighted by atomic mass is 9.97. The predicted molar refractivity (Wildman–Crippen MR) is 42.3 cm³/mol. The van der Waals surface area contributed by atoms with Gasteiger partial charge in [-0.2, -0.15) is 0 Å². The molecular weight excluding hydrogens is 126 g/mol. The summed E-state index contributed by atoms with van der Waals surface area (Å²) in [6.45, 7) is 5.95. The summed E-state index contributed by atoms with van der Waals surface area (Å²) in [5.41, 5.74) is 5.34. The average molecular weight is 141 g/mol. The minimum atomic E-state index is -0.390. The standard InChI is InChI=1S/C8H15NO/c1-8(2,3)5-4-7(9)6-10/h7,10H,6,9H2,1-3H3/t7-/m1/s1. The number of aliphatic hydroxyl groups excluding tert-OH is 1. The lowest BCUT2D eigenvalue weighted by Gasteiger charge is -2.07. The maximum absolute atomic E-state index is 8.50. The summed E-state index contributed by atoms with van der Waals surface area (Å²) in [7, 11) is 0. The van der Waals surface area contributed by atoms with Crippen LogP contribution < -0.4 is 5.73 Å². The molecule has 0 radical (unpaired) electrons. The van der Waals surface area contributed by atoms with Crippen LogP contribution in [-0.2, 0) is 0 Å². The molecule has 0 unspecified atom stereocenters. The molecular formula is C8H15NO. The fourth-order valence-corrected chi connectivity index (χ4v) is 0.355. The second kappa shape index (κ2) is 3.60. The van der Waals surface area contributed by atoms with Gasteiger partial charge in [-0.3, -0.25) is 0 Å². The Balaban J connectivity index is 3.91. The lowest BCUT2D eigenvalue weighted by Crippen LogP contribution is -2.22. The van der Waals surface area contributed by atoms with E-state index in [-0.39, 0.29) is 18.1 Å². The second-order valence-corrected chi connectivity index (χ2v) is 3.31. The predicted octanol–water partition coefficient (Wildman–Crippen LogP) is 0.355. The first-order valence-electron chi connectivity index (χ1n) is 3.35. The minimum absolute atomic E-state index is 0.0210. The number of hydrogen-bond donors (Lipinski definition) is 2. The molecule has 0 saturated carbocycles. The summed E-state index contributed by atoms with van der Waals surface area (Å²) in [6.07, 6.45) is 0. The highest BCUT2D eigenvalue weighted by atomic mass is 16.3. The first-order chi connectivity index (χ1) is 4.45. The van der Waals surface area contributed by atoms with E-state index in [9.17, 15) is 0 Å². The van der Waals surface area contributed by atoms with Crippen LogP contribution >= 0.6 is 0 Å². The Morgan fingerprint density at radius 2 is 2.00 bits per heavy atom. The Bertz CT molecular complexity index is 147. The van der Waals surface area contributed by atoms with Crippen molar-refractivity contribution in [3.8, 4) is 11.8 Å². The molecule has 0 rings (SSSR count). The van der Waals surface area contributed by atoms with Crippen molar-refractivity contribution in [3.05, 3.63) is 0 Å². The van der Waals surface area contributed by atoms with Crippen LogP contribution in [0.1, 0.15) is 20.8 Å².